The van der Waals surface area contributed by atoms with Crippen molar-refractivity contribution in [1.82, 2.24) is 19.1 Å². The van der Waals surface area contributed by atoms with Gasteiger partial charge in [0.15, 0.2) is 0 Å². The van der Waals surface area contributed by atoms with Crippen LogP contribution in [0.5, 0.6) is 11.5 Å². The topological polar surface area (TPSA) is 44.9 Å². The van der Waals surface area contributed by atoms with Crippen molar-refractivity contribution in [2.24, 2.45) is 0 Å². The third kappa shape index (κ3) is 5.00. The Bertz CT molecular complexity index is 2950. The van der Waals surface area contributed by atoms with Crippen molar-refractivity contribution in [3.8, 4) is 23.1 Å². The molecule has 5 aromatic carbocycles. The number of rotatable bonds is 4. The van der Waals surface area contributed by atoms with Gasteiger partial charge in [-0.25, -0.2) is 9.97 Å². The van der Waals surface area contributed by atoms with E-state index in [9.17, 15) is 0 Å². The van der Waals surface area contributed by atoms with E-state index in [-0.39, 0.29) is 26.5 Å². The zero-order valence-corrected chi connectivity index (χ0v) is 31.1. The molecule has 0 aliphatic carbocycles. The van der Waals surface area contributed by atoms with Crippen molar-refractivity contribution in [3.05, 3.63) is 145 Å². The number of hydrogen-bond acceptors (Lipinski definition) is 4. The number of thiophene rings is 1. The predicted octanol–water partition coefficient (Wildman–Crippen LogP) is 11.7. The molecule has 10 aromatic rings. The van der Waals surface area contributed by atoms with Gasteiger partial charge in [0.1, 0.15) is 11.6 Å². The molecule has 0 unspecified atom stereocenters. The van der Waals surface area contributed by atoms with E-state index < -0.39 is 0 Å². The van der Waals surface area contributed by atoms with Gasteiger partial charge >= 0.3 is 21.1 Å². The van der Waals surface area contributed by atoms with Crippen LogP contribution in [0, 0.1) is 12.1 Å². The second-order valence-electron chi connectivity index (χ2n) is 13.7. The molecule has 0 fully saturated rings. The molecule has 0 spiro atoms. The average Bonchev–Trinajstić information content (AvgIpc) is 3.79. The van der Waals surface area contributed by atoms with E-state index in [2.05, 4.69) is 132 Å². The van der Waals surface area contributed by atoms with E-state index in [4.69, 9.17) is 9.72 Å². The zero-order chi connectivity index (χ0) is 33.6. The molecule has 0 aliphatic heterocycles. The van der Waals surface area contributed by atoms with Crippen LogP contribution in [-0.4, -0.2) is 19.1 Å². The Labute approximate surface area is 313 Å². The van der Waals surface area contributed by atoms with E-state index in [1.165, 1.54) is 25.7 Å². The third-order valence-electron chi connectivity index (χ3n) is 9.65. The number of aromatic nitrogens is 4. The molecule has 0 bridgehead atoms. The number of pyridine rings is 2. The maximum atomic E-state index is 6.61. The standard InChI is InChI=1S/C44H30N4OS.Pt/c1-44(2,3)27-21-23-46-41(24-27)48-37-26-29(16-18-32(37)33-19-20-39-42(43(33)48)34-11-5-7-13-38(34)50-39)49-28-15-17-31-30-10-4-6-12-35(30)47(36(31)25-28)40-14-8-9-22-45-40;/h4-24H,1-3H3;/q-2;+2. The quantitative estimate of drug-likeness (QED) is 0.166. The van der Waals surface area contributed by atoms with Gasteiger partial charge in [-0.3, -0.25) is 0 Å². The monoisotopic (exact) mass is 857 g/mol. The fourth-order valence-electron chi connectivity index (χ4n) is 7.29. The van der Waals surface area contributed by atoms with E-state index in [0.717, 1.165) is 55.2 Å². The summed E-state index contributed by atoms with van der Waals surface area (Å²) in [6.45, 7) is 6.71. The zero-order valence-electron chi connectivity index (χ0n) is 28.0. The molecule has 0 atom stereocenters. The van der Waals surface area contributed by atoms with E-state index in [1.807, 2.05) is 54.1 Å². The number of ether oxygens (including phenoxy) is 1. The minimum Gasteiger partial charge on any atom is -0.509 e. The van der Waals surface area contributed by atoms with Crippen LogP contribution in [0.4, 0.5) is 0 Å². The van der Waals surface area contributed by atoms with Crippen LogP contribution in [0.1, 0.15) is 26.3 Å². The number of fused-ring (bicyclic) bond motifs is 10. The van der Waals surface area contributed by atoms with Crippen LogP contribution in [0.25, 0.3) is 75.4 Å². The molecule has 5 heterocycles. The first-order chi connectivity index (χ1) is 24.4. The average molecular weight is 858 g/mol. The molecule has 0 aliphatic rings. The minimum absolute atomic E-state index is 0. The van der Waals surface area contributed by atoms with Crippen LogP contribution in [0.2, 0.25) is 0 Å². The molecule has 0 saturated carbocycles. The third-order valence-corrected chi connectivity index (χ3v) is 10.8. The first-order valence-corrected chi connectivity index (χ1v) is 17.6. The SMILES string of the molecule is CC(C)(C)c1ccnc(-n2c3[c-]c(Oc4[c-]c5c(cc4)c4ccccc4n5-c4ccccn4)ccc3c3ccc4sc5ccccc5c4c32)c1.[Pt+2]. The van der Waals surface area contributed by atoms with Crippen LogP contribution in [0.3, 0.4) is 0 Å². The van der Waals surface area contributed by atoms with Gasteiger partial charge in [-0.15, -0.1) is 46.4 Å². The largest absolute Gasteiger partial charge is 2.00 e. The van der Waals surface area contributed by atoms with Crippen LogP contribution >= 0.6 is 11.3 Å². The van der Waals surface area contributed by atoms with Crippen LogP contribution < -0.4 is 4.74 Å². The summed E-state index contributed by atoms with van der Waals surface area (Å²) in [7, 11) is 0. The molecule has 7 heteroatoms. The van der Waals surface area contributed by atoms with Crippen molar-refractivity contribution >= 4 is 75.1 Å². The fraction of sp³-hybridized carbons (Fsp3) is 0.0909. The Hall–Kier alpha value is -5.29. The van der Waals surface area contributed by atoms with Gasteiger partial charge in [0.05, 0.1) is 5.52 Å². The van der Waals surface area contributed by atoms with Crippen molar-refractivity contribution in [1.29, 1.82) is 0 Å². The van der Waals surface area contributed by atoms with E-state index >= 15 is 0 Å². The predicted molar refractivity (Wildman–Crippen MR) is 206 cm³/mol. The first-order valence-electron chi connectivity index (χ1n) is 16.7. The summed E-state index contributed by atoms with van der Waals surface area (Å²) in [4.78, 5) is 9.64. The summed E-state index contributed by atoms with van der Waals surface area (Å²) < 4.78 is 13.6. The molecule has 0 N–H and O–H groups in total. The van der Waals surface area contributed by atoms with Crippen LogP contribution in [0.15, 0.2) is 128 Å². The first kappa shape index (κ1) is 31.7. The molecule has 10 rings (SSSR count). The normalized spacial score (nSPS) is 12.1. The molecule has 248 valence electrons. The Balaban J connectivity index is 0.00000348. The minimum atomic E-state index is -0.0367. The number of para-hydroxylation sites is 1. The van der Waals surface area contributed by atoms with Crippen molar-refractivity contribution in [2.45, 2.75) is 26.2 Å². The molecule has 0 amide bonds. The summed E-state index contributed by atoms with van der Waals surface area (Å²) >= 11 is 1.83. The summed E-state index contributed by atoms with van der Waals surface area (Å²) in [5, 5.41) is 6.98. The second-order valence-corrected chi connectivity index (χ2v) is 14.8. The molecular weight excluding hydrogens is 828 g/mol. The number of benzene rings is 5. The smallest absolute Gasteiger partial charge is 0.509 e. The van der Waals surface area contributed by atoms with E-state index in [0.29, 0.717) is 11.5 Å². The molecule has 0 radical (unpaired) electrons. The second kappa shape index (κ2) is 11.9. The molecule has 5 aromatic heterocycles. The van der Waals surface area contributed by atoms with Gasteiger partial charge in [0, 0.05) is 49.6 Å². The van der Waals surface area contributed by atoms with Crippen molar-refractivity contribution in [3.63, 3.8) is 0 Å². The maximum absolute atomic E-state index is 6.61. The van der Waals surface area contributed by atoms with Gasteiger partial charge in [-0.05, 0) is 64.2 Å². The van der Waals surface area contributed by atoms with Gasteiger partial charge < -0.3 is 13.9 Å². The Morgan fingerprint density at radius 3 is 2.02 bits per heavy atom. The van der Waals surface area contributed by atoms with Gasteiger partial charge in [0.2, 0.25) is 0 Å². The molecule has 5 nitrogen and oxygen atoms in total. The summed E-state index contributed by atoms with van der Waals surface area (Å²) in [5.41, 5.74) is 5.22. The number of nitrogens with zero attached hydrogens (tertiary/aromatic N) is 4. The summed E-state index contributed by atoms with van der Waals surface area (Å²) in [6, 6.07) is 47.3. The molecule has 51 heavy (non-hydrogen) atoms. The molecular formula is C44H30N4OPtS. The van der Waals surface area contributed by atoms with Gasteiger partial charge in [-0.1, -0.05) is 80.3 Å². The Morgan fingerprint density at radius 1 is 0.588 bits per heavy atom. The Morgan fingerprint density at radius 2 is 1.25 bits per heavy atom. The summed E-state index contributed by atoms with van der Waals surface area (Å²) in [6.07, 6.45) is 3.74. The van der Waals surface area contributed by atoms with Crippen molar-refractivity contribution in [2.75, 3.05) is 0 Å². The maximum Gasteiger partial charge on any atom is 2.00 e. The van der Waals surface area contributed by atoms with Gasteiger partial charge in [0.25, 0.3) is 0 Å². The van der Waals surface area contributed by atoms with Crippen molar-refractivity contribution < 1.29 is 25.8 Å². The van der Waals surface area contributed by atoms with Gasteiger partial charge in [-0.2, -0.15) is 12.1 Å². The number of hydrogen-bond donors (Lipinski definition) is 0. The molecule has 0 saturated heterocycles. The van der Waals surface area contributed by atoms with E-state index in [1.54, 1.807) is 0 Å². The van der Waals surface area contributed by atoms with Crippen LogP contribution in [-0.2, 0) is 26.5 Å². The fourth-order valence-corrected chi connectivity index (χ4v) is 8.40. The summed E-state index contributed by atoms with van der Waals surface area (Å²) in [5.74, 6) is 2.91. The Kier molecular flexibility index (Phi) is 7.39.